The molecule has 1 aromatic carbocycles. The van der Waals surface area contributed by atoms with E-state index in [9.17, 15) is 13.2 Å². The highest BCUT2D eigenvalue weighted by Crippen LogP contribution is 2.35. The summed E-state index contributed by atoms with van der Waals surface area (Å²) < 4.78 is 40.0. The van der Waals surface area contributed by atoms with Crippen LogP contribution in [0.4, 0.5) is 19.0 Å². The van der Waals surface area contributed by atoms with Gasteiger partial charge in [-0.25, -0.2) is 9.97 Å². The first-order valence-corrected chi connectivity index (χ1v) is 7.41. The van der Waals surface area contributed by atoms with Crippen LogP contribution in [-0.2, 0) is 6.18 Å². The van der Waals surface area contributed by atoms with Crippen LogP contribution in [0, 0.1) is 0 Å². The van der Waals surface area contributed by atoms with Gasteiger partial charge < -0.3 is 9.80 Å². The van der Waals surface area contributed by atoms with Crippen molar-refractivity contribution in [1.29, 1.82) is 0 Å². The average molecular weight is 311 g/mol. The Morgan fingerprint density at radius 1 is 1.09 bits per heavy atom. The summed E-state index contributed by atoms with van der Waals surface area (Å²) in [6.07, 6.45) is -4.50. The summed E-state index contributed by atoms with van der Waals surface area (Å²) in [4.78, 5) is 11.2. The Kier molecular flexibility index (Phi) is 3.90. The van der Waals surface area contributed by atoms with Crippen molar-refractivity contribution < 1.29 is 18.1 Å². The molecule has 1 aliphatic rings. The van der Waals surface area contributed by atoms with E-state index < -0.39 is 11.9 Å². The molecule has 1 N–H and O–H groups in total. The summed E-state index contributed by atoms with van der Waals surface area (Å²) in [6, 6.07) is 6.67. The summed E-state index contributed by atoms with van der Waals surface area (Å²) in [5.41, 5.74) is -0.113. The standard InChI is InChI=1S/C15H17F3N4/c1-2-21-7-9-22(10-8-21)14-13(15(16,17)18)19-11-5-3-4-6-12(11)20-14/h3-6H,2,7-10H2,1H3/p+1. The molecule has 1 aliphatic heterocycles. The van der Waals surface area contributed by atoms with Crippen molar-refractivity contribution in [1.82, 2.24) is 9.97 Å². The molecule has 1 fully saturated rings. The van der Waals surface area contributed by atoms with Crippen molar-refractivity contribution in [3.05, 3.63) is 30.0 Å². The number of fused-ring (bicyclic) bond motifs is 1. The number of halogens is 3. The molecular formula is C15H18F3N4+. The molecule has 0 bridgehead atoms. The van der Waals surface area contributed by atoms with Crippen molar-refractivity contribution >= 4 is 16.9 Å². The number of aromatic nitrogens is 2. The maximum absolute atomic E-state index is 13.3. The number of nitrogens with zero attached hydrogens (tertiary/aromatic N) is 3. The molecule has 0 amide bonds. The van der Waals surface area contributed by atoms with Crippen molar-refractivity contribution in [2.75, 3.05) is 37.6 Å². The third-order valence-electron chi connectivity index (χ3n) is 4.09. The number of hydrogen-bond acceptors (Lipinski definition) is 3. The first-order valence-electron chi connectivity index (χ1n) is 7.41. The lowest BCUT2D eigenvalue weighted by Gasteiger charge is -2.33. The van der Waals surface area contributed by atoms with Crippen LogP contribution in [-0.4, -0.2) is 42.7 Å². The van der Waals surface area contributed by atoms with E-state index in [4.69, 9.17) is 0 Å². The normalized spacial score (nSPS) is 17.2. The van der Waals surface area contributed by atoms with Gasteiger partial charge in [0.1, 0.15) is 0 Å². The van der Waals surface area contributed by atoms with Crippen LogP contribution in [0.5, 0.6) is 0 Å². The zero-order chi connectivity index (χ0) is 15.7. The Morgan fingerprint density at radius 3 is 2.23 bits per heavy atom. The van der Waals surface area contributed by atoms with E-state index in [1.54, 1.807) is 29.2 Å². The second-order valence-corrected chi connectivity index (χ2v) is 5.47. The monoisotopic (exact) mass is 311 g/mol. The maximum Gasteiger partial charge on any atom is 0.437 e. The predicted molar refractivity (Wildman–Crippen MR) is 78.0 cm³/mol. The predicted octanol–water partition coefficient (Wildman–Crippen LogP) is 1.37. The van der Waals surface area contributed by atoms with Gasteiger partial charge in [0.15, 0.2) is 11.5 Å². The fraction of sp³-hybridized carbons (Fsp3) is 0.467. The van der Waals surface area contributed by atoms with E-state index in [1.807, 2.05) is 0 Å². The molecule has 2 aromatic rings. The van der Waals surface area contributed by atoms with Gasteiger partial charge in [-0.1, -0.05) is 12.1 Å². The third kappa shape index (κ3) is 2.85. The minimum absolute atomic E-state index is 0.0404. The Balaban J connectivity index is 2.03. The van der Waals surface area contributed by atoms with Gasteiger partial charge >= 0.3 is 6.18 Å². The summed E-state index contributed by atoms with van der Waals surface area (Å²) in [5, 5.41) is 0. The molecule has 4 nitrogen and oxygen atoms in total. The lowest BCUT2D eigenvalue weighted by Crippen LogP contribution is -3.14. The number of para-hydroxylation sites is 2. The van der Waals surface area contributed by atoms with Gasteiger partial charge in [0.25, 0.3) is 0 Å². The number of nitrogens with one attached hydrogen (secondary N) is 1. The Hall–Kier alpha value is -1.89. The van der Waals surface area contributed by atoms with Crippen molar-refractivity contribution in [2.45, 2.75) is 13.1 Å². The van der Waals surface area contributed by atoms with Crippen molar-refractivity contribution in [2.24, 2.45) is 0 Å². The Morgan fingerprint density at radius 2 is 1.68 bits per heavy atom. The molecule has 3 rings (SSSR count). The molecular weight excluding hydrogens is 293 g/mol. The van der Waals surface area contributed by atoms with Crippen LogP contribution >= 0.6 is 0 Å². The number of likely N-dealkylation sites (N-methyl/N-ethyl adjacent to an activating group) is 1. The van der Waals surface area contributed by atoms with E-state index in [0.29, 0.717) is 18.6 Å². The van der Waals surface area contributed by atoms with Crippen LogP contribution in [0.3, 0.4) is 0 Å². The number of anilines is 1. The lowest BCUT2D eigenvalue weighted by molar-refractivity contribution is -0.898. The largest absolute Gasteiger partial charge is 0.437 e. The first kappa shape index (κ1) is 15.0. The fourth-order valence-electron chi connectivity index (χ4n) is 2.79. The van der Waals surface area contributed by atoms with Crippen LogP contribution in [0.1, 0.15) is 12.6 Å². The highest BCUT2D eigenvalue weighted by Gasteiger charge is 2.39. The molecule has 1 aromatic heterocycles. The molecule has 1 saturated heterocycles. The molecule has 0 unspecified atom stereocenters. The van der Waals surface area contributed by atoms with Gasteiger partial charge in [-0.2, -0.15) is 13.2 Å². The minimum Gasteiger partial charge on any atom is -0.344 e. The van der Waals surface area contributed by atoms with E-state index in [0.717, 1.165) is 19.6 Å². The Labute approximate surface area is 126 Å². The van der Waals surface area contributed by atoms with Crippen LogP contribution in [0.2, 0.25) is 0 Å². The SMILES string of the molecule is CC[NH+]1CCN(c2nc3ccccc3nc2C(F)(F)F)CC1. The van der Waals surface area contributed by atoms with E-state index in [-0.39, 0.29) is 11.3 Å². The number of rotatable bonds is 2. The molecule has 7 heteroatoms. The number of piperazine rings is 1. The molecule has 0 atom stereocenters. The maximum atomic E-state index is 13.3. The van der Waals surface area contributed by atoms with Crippen LogP contribution < -0.4 is 9.80 Å². The summed E-state index contributed by atoms with van der Waals surface area (Å²) >= 11 is 0. The topological polar surface area (TPSA) is 33.5 Å². The van der Waals surface area contributed by atoms with E-state index >= 15 is 0 Å². The van der Waals surface area contributed by atoms with Gasteiger partial charge in [-0.15, -0.1) is 0 Å². The highest BCUT2D eigenvalue weighted by atomic mass is 19.4. The van der Waals surface area contributed by atoms with E-state index in [2.05, 4.69) is 16.9 Å². The minimum atomic E-state index is -4.50. The lowest BCUT2D eigenvalue weighted by atomic mass is 10.2. The Bertz CT molecular complexity index is 663. The highest BCUT2D eigenvalue weighted by molar-refractivity contribution is 5.76. The third-order valence-corrected chi connectivity index (χ3v) is 4.09. The molecule has 0 saturated carbocycles. The second kappa shape index (κ2) is 5.72. The van der Waals surface area contributed by atoms with Gasteiger partial charge in [-0.05, 0) is 19.1 Å². The van der Waals surface area contributed by atoms with Crippen LogP contribution in [0.25, 0.3) is 11.0 Å². The molecule has 0 radical (unpaired) electrons. The molecule has 0 spiro atoms. The molecule has 118 valence electrons. The molecule has 0 aliphatic carbocycles. The van der Waals surface area contributed by atoms with Crippen molar-refractivity contribution in [3.8, 4) is 0 Å². The van der Waals surface area contributed by atoms with Gasteiger partial charge in [-0.3, -0.25) is 0 Å². The summed E-state index contributed by atoms with van der Waals surface area (Å²) in [7, 11) is 0. The number of alkyl halides is 3. The summed E-state index contributed by atoms with van der Waals surface area (Å²) in [5.74, 6) is -0.0404. The molecule has 22 heavy (non-hydrogen) atoms. The van der Waals surface area contributed by atoms with Gasteiger partial charge in [0, 0.05) is 0 Å². The number of hydrogen-bond donors (Lipinski definition) is 1. The van der Waals surface area contributed by atoms with Gasteiger partial charge in [0.2, 0.25) is 0 Å². The first-order chi connectivity index (χ1) is 10.5. The zero-order valence-corrected chi connectivity index (χ0v) is 12.3. The van der Waals surface area contributed by atoms with Crippen LogP contribution in [0.15, 0.2) is 24.3 Å². The smallest absolute Gasteiger partial charge is 0.344 e. The average Bonchev–Trinajstić information content (AvgIpc) is 2.53. The quantitative estimate of drug-likeness (QED) is 0.909. The second-order valence-electron chi connectivity index (χ2n) is 5.47. The zero-order valence-electron chi connectivity index (χ0n) is 12.3. The van der Waals surface area contributed by atoms with Crippen molar-refractivity contribution in [3.63, 3.8) is 0 Å². The van der Waals surface area contributed by atoms with E-state index in [1.165, 1.54) is 4.90 Å². The number of benzene rings is 1. The number of quaternary nitrogens is 1. The fourth-order valence-corrected chi connectivity index (χ4v) is 2.79. The summed E-state index contributed by atoms with van der Waals surface area (Å²) in [6.45, 7) is 5.86. The molecule has 2 heterocycles. The van der Waals surface area contributed by atoms with Gasteiger partial charge in [0.05, 0.1) is 43.8 Å².